The highest BCUT2D eigenvalue weighted by Crippen LogP contribution is 2.43. The number of aliphatic imine (C=N–C) groups is 1. The van der Waals surface area contributed by atoms with E-state index in [4.69, 9.17) is 0 Å². The highest BCUT2D eigenvalue weighted by atomic mass is 32.1. The molecule has 4 rings (SSSR count). The lowest BCUT2D eigenvalue weighted by Crippen LogP contribution is -2.13. The number of rotatable bonds is 4. The van der Waals surface area contributed by atoms with Crippen LogP contribution < -0.4 is 0 Å². The number of halogens is 2. The summed E-state index contributed by atoms with van der Waals surface area (Å²) < 4.78 is 27.8. The Labute approximate surface area is 176 Å². The third-order valence-corrected chi connectivity index (χ3v) is 6.21. The van der Waals surface area contributed by atoms with Crippen LogP contribution in [-0.4, -0.2) is 5.16 Å². The molecule has 1 nitrogen and oxygen atoms in total. The fourth-order valence-electron chi connectivity index (χ4n) is 4.33. The minimum Gasteiger partial charge on any atom is -0.204 e. The maximum atomic E-state index is 13.9. The van der Waals surface area contributed by atoms with Crippen molar-refractivity contribution in [1.82, 2.24) is 0 Å². The molecule has 0 atom stereocenters. The standard InChI is InChI=1S/C25H23F2NS/c26-23-14-20(15-24(27)25(23)28-16-29)4-1-17-5-9-21(10-6-17)22-11-7-19(8-12-22)13-18-2-3-18/h5-6,9-10,14-15,18-19,22H,2-3,7-8,11-13H2. The molecular weight excluding hydrogens is 384 g/mol. The zero-order chi connectivity index (χ0) is 20.2. The zero-order valence-corrected chi connectivity index (χ0v) is 17.1. The Morgan fingerprint density at radius 1 is 0.828 bits per heavy atom. The summed E-state index contributed by atoms with van der Waals surface area (Å²) in [6.45, 7) is 0. The predicted octanol–water partition coefficient (Wildman–Crippen LogP) is 7.17. The molecule has 0 unspecified atom stereocenters. The zero-order valence-electron chi connectivity index (χ0n) is 16.3. The van der Waals surface area contributed by atoms with Crippen molar-refractivity contribution >= 4 is 23.1 Å². The van der Waals surface area contributed by atoms with Gasteiger partial charge in [-0.15, -0.1) is 0 Å². The molecule has 4 heteroatoms. The third kappa shape index (κ3) is 5.18. The van der Waals surface area contributed by atoms with E-state index in [2.05, 4.69) is 41.2 Å². The maximum Gasteiger partial charge on any atom is 0.153 e. The van der Waals surface area contributed by atoms with Crippen molar-refractivity contribution in [3.8, 4) is 11.8 Å². The average molecular weight is 408 g/mol. The van der Waals surface area contributed by atoms with Crippen molar-refractivity contribution in [3.05, 3.63) is 64.7 Å². The lowest BCUT2D eigenvalue weighted by Gasteiger charge is -2.28. The van der Waals surface area contributed by atoms with Gasteiger partial charge >= 0.3 is 0 Å². The molecule has 0 spiro atoms. The summed E-state index contributed by atoms with van der Waals surface area (Å²) in [6.07, 6.45) is 9.60. The SMILES string of the molecule is Fc1cc(C#Cc2ccc(C3CCC(CC4CC4)CC3)cc2)cc(F)c1N=C=S. The van der Waals surface area contributed by atoms with Gasteiger partial charge in [0.25, 0.3) is 0 Å². The molecule has 0 aliphatic heterocycles. The maximum absolute atomic E-state index is 13.9. The molecule has 2 aliphatic carbocycles. The molecule has 0 amide bonds. The van der Waals surface area contributed by atoms with Crippen molar-refractivity contribution < 1.29 is 8.78 Å². The molecule has 0 bridgehead atoms. The van der Waals surface area contributed by atoms with E-state index in [1.807, 2.05) is 17.3 Å². The number of thiocarbonyl (C=S) groups is 1. The molecule has 2 aromatic rings. The normalized spacial score (nSPS) is 21.0. The summed E-state index contributed by atoms with van der Waals surface area (Å²) in [7, 11) is 0. The topological polar surface area (TPSA) is 12.4 Å². The van der Waals surface area contributed by atoms with Crippen molar-refractivity contribution in [2.24, 2.45) is 16.8 Å². The van der Waals surface area contributed by atoms with Crippen molar-refractivity contribution in [2.45, 2.75) is 50.9 Å². The summed E-state index contributed by atoms with van der Waals surface area (Å²) in [5, 5.41) is 1.98. The molecule has 2 aromatic carbocycles. The van der Waals surface area contributed by atoms with E-state index in [0.717, 1.165) is 29.5 Å². The minimum absolute atomic E-state index is 0.265. The van der Waals surface area contributed by atoms with Gasteiger partial charge in [0.05, 0.1) is 5.16 Å². The highest BCUT2D eigenvalue weighted by Gasteiger charge is 2.28. The van der Waals surface area contributed by atoms with Gasteiger partial charge in [-0.2, -0.15) is 4.99 Å². The van der Waals surface area contributed by atoms with E-state index in [1.165, 1.54) is 50.5 Å². The Bertz CT molecular complexity index is 961. The molecule has 0 heterocycles. The molecule has 0 N–H and O–H groups in total. The monoisotopic (exact) mass is 407 g/mol. The lowest BCUT2D eigenvalue weighted by atomic mass is 9.77. The third-order valence-electron chi connectivity index (χ3n) is 6.12. The average Bonchev–Trinajstić information content (AvgIpc) is 3.54. The summed E-state index contributed by atoms with van der Waals surface area (Å²) in [4.78, 5) is 3.41. The van der Waals surface area contributed by atoms with Gasteiger partial charge in [0.2, 0.25) is 0 Å². The van der Waals surface area contributed by atoms with Crippen LogP contribution >= 0.6 is 12.2 Å². The van der Waals surface area contributed by atoms with Crippen LogP contribution in [0, 0.1) is 35.3 Å². The van der Waals surface area contributed by atoms with Crippen LogP contribution in [0.15, 0.2) is 41.4 Å². The van der Waals surface area contributed by atoms with Gasteiger partial charge < -0.3 is 0 Å². The fourth-order valence-corrected chi connectivity index (χ4v) is 4.42. The molecular formula is C25H23F2NS. The second-order valence-electron chi connectivity index (χ2n) is 8.26. The molecule has 29 heavy (non-hydrogen) atoms. The van der Waals surface area contributed by atoms with Gasteiger partial charge in [-0.3, -0.25) is 0 Å². The number of hydrogen-bond acceptors (Lipinski definition) is 2. The minimum atomic E-state index is -0.792. The van der Waals surface area contributed by atoms with Crippen molar-refractivity contribution in [1.29, 1.82) is 0 Å². The first kappa shape index (κ1) is 20.0. The summed E-state index contributed by atoms with van der Waals surface area (Å²) in [6, 6.07) is 10.6. The first-order valence-electron chi connectivity index (χ1n) is 10.3. The smallest absolute Gasteiger partial charge is 0.153 e. The van der Waals surface area contributed by atoms with Crippen LogP contribution in [0.3, 0.4) is 0 Å². The summed E-state index contributed by atoms with van der Waals surface area (Å²) in [5.74, 6) is 6.83. The van der Waals surface area contributed by atoms with Crippen LogP contribution in [0.2, 0.25) is 0 Å². The number of nitrogens with zero attached hydrogens (tertiary/aromatic N) is 1. The van der Waals surface area contributed by atoms with Gasteiger partial charge in [0, 0.05) is 11.1 Å². The second-order valence-corrected chi connectivity index (χ2v) is 8.44. The van der Waals surface area contributed by atoms with Crippen LogP contribution in [-0.2, 0) is 0 Å². The van der Waals surface area contributed by atoms with Gasteiger partial charge in [-0.25, -0.2) is 8.78 Å². The first-order chi connectivity index (χ1) is 14.1. The molecule has 0 saturated heterocycles. The number of isothiocyanates is 1. The van der Waals surface area contributed by atoms with E-state index in [-0.39, 0.29) is 5.56 Å². The van der Waals surface area contributed by atoms with E-state index >= 15 is 0 Å². The van der Waals surface area contributed by atoms with Crippen LogP contribution in [0.4, 0.5) is 14.5 Å². The summed E-state index contributed by atoms with van der Waals surface area (Å²) in [5.41, 5.74) is 2.04. The van der Waals surface area contributed by atoms with E-state index in [0.29, 0.717) is 5.92 Å². The van der Waals surface area contributed by atoms with Gasteiger partial charge in [0.15, 0.2) is 11.6 Å². The molecule has 2 saturated carbocycles. The van der Waals surface area contributed by atoms with Gasteiger partial charge in [-0.1, -0.05) is 36.8 Å². The van der Waals surface area contributed by atoms with E-state index < -0.39 is 17.3 Å². The molecule has 0 radical (unpaired) electrons. The Kier molecular flexibility index (Phi) is 6.19. The Balaban J connectivity index is 1.40. The second kappa shape index (κ2) is 8.99. The van der Waals surface area contributed by atoms with Crippen molar-refractivity contribution in [3.63, 3.8) is 0 Å². The Morgan fingerprint density at radius 2 is 1.38 bits per heavy atom. The van der Waals surface area contributed by atoms with Gasteiger partial charge in [-0.05, 0) is 91.9 Å². The number of hydrogen-bond donors (Lipinski definition) is 0. The summed E-state index contributed by atoms with van der Waals surface area (Å²) >= 11 is 4.41. The van der Waals surface area contributed by atoms with Gasteiger partial charge in [0.1, 0.15) is 5.69 Å². The fraction of sp³-hybridized carbons (Fsp3) is 0.400. The van der Waals surface area contributed by atoms with Crippen LogP contribution in [0.25, 0.3) is 0 Å². The van der Waals surface area contributed by atoms with Crippen LogP contribution in [0.1, 0.15) is 67.6 Å². The first-order valence-corrected chi connectivity index (χ1v) is 10.7. The van der Waals surface area contributed by atoms with E-state index in [1.54, 1.807) is 0 Å². The largest absolute Gasteiger partial charge is 0.204 e. The quantitative estimate of drug-likeness (QED) is 0.297. The van der Waals surface area contributed by atoms with E-state index in [9.17, 15) is 8.78 Å². The lowest BCUT2D eigenvalue weighted by molar-refractivity contribution is 0.299. The molecule has 148 valence electrons. The Hall–Kier alpha value is -2.34. The molecule has 2 aliphatic rings. The highest BCUT2D eigenvalue weighted by molar-refractivity contribution is 7.78. The molecule has 2 fully saturated rings. The number of benzene rings is 2. The van der Waals surface area contributed by atoms with Crippen LogP contribution in [0.5, 0.6) is 0 Å². The molecule has 0 aromatic heterocycles. The van der Waals surface area contributed by atoms with Crippen molar-refractivity contribution in [2.75, 3.05) is 0 Å². The Morgan fingerprint density at radius 3 is 1.93 bits per heavy atom. The predicted molar refractivity (Wildman–Crippen MR) is 116 cm³/mol.